The Kier molecular flexibility index (Phi) is 5.95. The molecule has 0 saturated heterocycles. The van der Waals surface area contributed by atoms with Crippen molar-refractivity contribution in [2.24, 2.45) is 0 Å². The first-order valence-electron chi connectivity index (χ1n) is 17.1. The van der Waals surface area contributed by atoms with E-state index in [0.717, 1.165) is 0 Å². The first-order valence-corrected chi connectivity index (χ1v) is 17.1. The zero-order chi connectivity index (χ0) is 32.7. The van der Waals surface area contributed by atoms with Gasteiger partial charge in [0.1, 0.15) is 0 Å². The summed E-state index contributed by atoms with van der Waals surface area (Å²) < 4.78 is 4.91. The number of fused-ring (bicyclic) bond motifs is 6. The van der Waals surface area contributed by atoms with Crippen LogP contribution in [0.4, 0.5) is 0 Å². The molecule has 10 aromatic rings. The van der Waals surface area contributed by atoms with Gasteiger partial charge in [0.2, 0.25) is 0 Å². The number of para-hydroxylation sites is 2. The molecular weight excluding hydrogens is 593 g/mol. The van der Waals surface area contributed by atoms with Crippen LogP contribution in [-0.2, 0) is 5.41 Å². The number of hydrogen-bond donors (Lipinski definition) is 0. The molecule has 0 N–H and O–H groups in total. The largest absolute Gasteiger partial charge is 0.315 e. The molecule has 8 aromatic carbocycles. The molecule has 49 heavy (non-hydrogen) atoms. The lowest BCUT2D eigenvalue weighted by Gasteiger charge is -2.25. The second-order valence-electron chi connectivity index (χ2n) is 13.8. The molecule has 0 aliphatic heterocycles. The van der Waals surface area contributed by atoms with Crippen LogP contribution in [0.1, 0.15) is 25.0 Å². The molecule has 0 aliphatic carbocycles. The van der Waals surface area contributed by atoms with E-state index in [2.05, 4.69) is 193 Å². The van der Waals surface area contributed by atoms with Gasteiger partial charge in [0.25, 0.3) is 0 Å². The summed E-state index contributed by atoms with van der Waals surface area (Å²) in [6.45, 7) is 4.79. The molecule has 0 atom stereocenters. The Morgan fingerprint density at radius 2 is 0.633 bits per heavy atom. The number of benzene rings is 8. The molecule has 2 heteroatoms. The van der Waals surface area contributed by atoms with E-state index in [1.54, 1.807) is 0 Å². The SMILES string of the molecule is CC(C)(c1cn(-c2c3ccccc3cc3ccccc23)c2ccccc12)c1cn(-c2c3ccccc3cc3ccccc23)c2ccccc12. The van der Waals surface area contributed by atoms with Crippen molar-refractivity contribution < 1.29 is 0 Å². The zero-order valence-corrected chi connectivity index (χ0v) is 27.6. The maximum atomic E-state index is 2.45. The van der Waals surface area contributed by atoms with Crippen molar-refractivity contribution in [2.75, 3.05) is 0 Å². The second kappa shape index (κ2) is 10.4. The molecule has 0 fully saturated rings. The van der Waals surface area contributed by atoms with Crippen molar-refractivity contribution in [3.8, 4) is 11.4 Å². The van der Waals surface area contributed by atoms with Crippen LogP contribution < -0.4 is 0 Å². The summed E-state index contributed by atoms with van der Waals surface area (Å²) in [7, 11) is 0. The van der Waals surface area contributed by atoms with Gasteiger partial charge in [0, 0.05) is 50.1 Å². The highest BCUT2D eigenvalue weighted by atomic mass is 15.0. The zero-order valence-electron chi connectivity index (χ0n) is 27.6. The van der Waals surface area contributed by atoms with E-state index >= 15 is 0 Å². The van der Waals surface area contributed by atoms with Crippen LogP contribution in [0.15, 0.2) is 170 Å². The van der Waals surface area contributed by atoms with Gasteiger partial charge in [0.05, 0.1) is 22.4 Å². The summed E-state index contributed by atoms with van der Waals surface area (Å²) in [5, 5.41) is 12.6. The number of hydrogen-bond acceptors (Lipinski definition) is 0. The third-order valence-corrected chi connectivity index (χ3v) is 10.7. The summed E-state index contributed by atoms with van der Waals surface area (Å²) in [6.07, 6.45) is 4.83. The summed E-state index contributed by atoms with van der Waals surface area (Å²) in [5.74, 6) is 0. The first-order chi connectivity index (χ1) is 24.1. The molecule has 2 aromatic heterocycles. The quantitative estimate of drug-likeness (QED) is 0.172. The Labute approximate surface area is 285 Å². The van der Waals surface area contributed by atoms with Crippen LogP contribution >= 0.6 is 0 Å². The molecule has 0 amide bonds. The van der Waals surface area contributed by atoms with Gasteiger partial charge in [-0.2, -0.15) is 0 Å². The lowest BCUT2D eigenvalue weighted by Crippen LogP contribution is -2.18. The van der Waals surface area contributed by atoms with E-state index in [4.69, 9.17) is 0 Å². The van der Waals surface area contributed by atoms with Gasteiger partial charge >= 0.3 is 0 Å². The standard InChI is InChI=1S/C47H34N2/c1-47(2,41-29-48(43-25-13-11-23-39(41)43)45-35-19-7-3-15-31(35)27-32-16-4-8-20-36(32)45)42-30-49(44-26-14-12-24-40(42)44)46-37-21-9-5-17-33(37)28-34-18-6-10-22-38(34)46/h3-30H,1-2H3. The predicted molar refractivity (Wildman–Crippen MR) is 209 cm³/mol. The fourth-order valence-corrected chi connectivity index (χ4v) is 8.37. The average Bonchev–Trinajstić information content (AvgIpc) is 3.73. The molecule has 10 rings (SSSR count). The summed E-state index contributed by atoms with van der Waals surface area (Å²) in [6, 6.07) is 57.6. The van der Waals surface area contributed by atoms with Gasteiger partial charge in [0.15, 0.2) is 0 Å². The van der Waals surface area contributed by atoms with Crippen molar-refractivity contribution in [1.82, 2.24) is 9.13 Å². The maximum absolute atomic E-state index is 2.45. The molecule has 2 heterocycles. The van der Waals surface area contributed by atoms with Crippen LogP contribution in [0, 0.1) is 0 Å². The van der Waals surface area contributed by atoms with Gasteiger partial charge < -0.3 is 9.13 Å². The van der Waals surface area contributed by atoms with E-state index in [9.17, 15) is 0 Å². The van der Waals surface area contributed by atoms with E-state index in [0.29, 0.717) is 0 Å². The Hall–Kier alpha value is -6.12. The molecule has 0 bridgehead atoms. The smallest absolute Gasteiger partial charge is 0.0612 e. The van der Waals surface area contributed by atoms with Crippen LogP contribution in [-0.4, -0.2) is 9.13 Å². The Bertz CT molecular complexity index is 2610. The van der Waals surface area contributed by atoms with E-state index in [-0.39, 0.29) is 5.41 Å². The number of nitrogens with zero attached hydrogens (tertiary/aromatic N) is 2. The van der Waals surface area contributed by atoms with Gasteiger partial charge in [-0.1, -0.05) is 147 Å². The highest BCUT2D eigenvalue weighted by Crippen LogP contribution is 2.45. The van der Waals surface area contributed by atoms with Crippen LogP contribution in [0.3, 0.4) is 0 Å². The molecule has 2 nitrogen and oxygen atoms in total. The lowest BCUT2D eigenvalue weighted by molar-refractivity contribution is 0.650. The van der Waals surface area contributed by atoms with Crippen LogP contribution in [0.5, 0.6) is 0 Å². The average molecular weight is 627 g/mol. The lowest BCUT2D eigenvalue weighted by atomic mass is 9.78. The number of rotatable bonds is 4. The van der Waals surface area contributed by atoms with Crippen molar-refractivity contribution >= 4 is 64.9 Å². The predicted octanol–water partition coefficient (Wildman–Crippen LogP) is 12.5. The third-order valence-electron chi connectivity index (χ3n) is 10.7. The summed E-state index contributed by atoms with van der Waals surface area (Å²) in [5.41, 5.74) is 7.20. The third kappa shape index (κ3) is 4.07. The minimum atomic E-state index is -0.323. The highest BCUT2D eigenvalue weighted by Gasteiger charge is 2.32. The Morgan fingerprint density at radius 1 is 0.347 bits per heavy atom. The van der Waals surface area contributed by atoms with Gasteiger partial charge in [-0.3, -0.25) is 0 Å². The second-order valence-corrected chi connectivity index (χ2v) is 13.8. The van der Waals surface area contributed by atoms with E-state index in [1.165, 1.54) is 87.4 Å². The van der Waals surface area contributed by atoms with E-state index < -0.39 is 0 Å². The topological polar surface area (TPSA) is 9.86 Å². The monoisotopic (exact) mass is 626 g/mol. The van der Waals surface area contributed by atoms with E-state index in [1.807, 2.05) is 0 Å². The van der Waals surface area contributed by atoms with Crippen molar-refractivity contribution in [1.29, 1.82) is 0 Å². The van der Waals surface area contributed by atoms with Crippen LogP contribution in [0.2, 0.25) is 0 Å². The molecular formula is C47H34N2. The molecule has 0 radical (unpaired) electrons. The van der Waals surface area contributed by atoms with Crippen molar-refractivity contribution in [3.63, 3.8) is 0 Å². The minimum Gasteiger partial charge on any atom is -0.315 e. The first kappa shape index (κ1) is 27.9. The molecule has 0 aliphatic rings. The fraction of sp³-hybridized carbons (Fsp3) is 0.0638. The fourth-order valence-electron chi connectivity index (χ4n) is 8.37. The van der Waals surface area contributed by atoms with Crippen LogP contribution in [0.25, 0.3) is 76.3 Å². The normalized spacial score (nSPS) is 12.3. The Morgan fingerprint density at radius 3 is 0.980 bits per heavy atom. The molecule has 0 spiro atoms. The summed E-state index contributed by atoms with van der Waals surface area (Å²) in [4.78, 5) is 0. The molecule has 0 saturated carbocycles. The minimum absolute atomic E-state index is 0.323. The molecule has 0 unspecified atom stereocenters. The molecule has 232 valence electrons. The highest BCUT2D eigenvalue weighted by molar-refractivity contribution is 6.10. The van der Waals surface area contributed by atoms with Gasteiger partial charge in [-0.15, -0.1) is 0 Å². The van der Waals surface area contributed by atoms with Gasteiger partial charge in [-0.05, 0) is 56.9 Å². The van der Waals surface area contributed by atoms with Crippen molar-refractivity contribution in [2.45, 2.75) is 19.3 Å². The Balaban J connectivity index is 1.26. The maximum Gasteiger partial charge on any atom is 0.0612 e. The van der Waals surface area contributed by atoms with Gasteiger partial charge in [-0.25, -0.2) is 0 Å². The summed E-state index contributed by atoms with van der Waals surface area (Å²) >= 11 is 0. The van der Waals surface area contributed by atoms with Crippen molar-refractivity contribution in [3.05, 3.63) is 181 Å². The number of aromatic nitrogens is 2.